The minimum Gasteiger partial charge on any atom is -0.479 e. The fourth-order valence-corrected chi connectivity index (χ4v) is 3.07. The summed E-state index contributed by atoms with van der Waals surface area (Å²) in [4.78, 5) is 25.4. The van der Waals surface area contributed by atoms with Gasteiger partial charge in [-0.15, -0.1) is 0 Å². The quantitative estimate of drug-likeness (QED) is 0.827. The van der Waals surface area contributed by atoms with Gasteiger partial charge in [0.25, 0.3) is 0 Å². The van der Waals surface area contributed by atoms with Crippen molar-refractivity contribution >= 4 is 17.4 Å². The van der Waals surface area contributed by atoms with Crippen molar-refractivity contribution in [2.45, 2.75) is 32.8 Å². The number of carboxylic acid groups (broad SMARTS) is 1. The van der Waals surface area contributed by atoms with Crippen LogP contribution in [0.15, 0.2) is 30.3 Å². The lowest BCUT2D eigenvalue weighted by molar-refractivity contribution is -0.157. The summed E-state index contributed by atoms with van der Waals surface area (Å²) >= 11 is 0. The molecular weight excluding hydrogens is 325 g/mol. The van der Waals surface area contributed by atoms with Crippen LogP contribution >= 0.6 is 0 Å². The normalized spacial score (nSPS) is 17.2. The van der Waals surface area contributed by atoms with Gasteiger partial charge >= 0.3 is 5.97 Å². The SMILES string of the molecule is CC(C)C[C@H](C(=O)N1CC=C(c2ccc(F)cc2)CC1)[C@@H](O)C(=O)O. The van der Waals surface area contributed by atoms with Crippen LogP contribution in [0.2, 0.25) is 0 Å². The summed E-state index contributed by atoms with van der Waals surface area (Å²) in [6.07, 6.45) is 1.12. The fraction of sp³-hybridized carbons (Fsp3) is 0.474. The molecule has 6 heteroatoms. The van der Waals surface area contributed by atoms with Crippen molar-refractivity contribution in [1.29, 1.82) is 0 Å². The lowest BCUT2D eigenvalue weighted by atomic mass is 9.90. The van der Waals surface area contributed by atoms with Crippen molar-refractivity contribution in [3.8, 4) is 0 Å². The van der Waals surface area contributed by atoms with Crippen LogP contribution in [0.1, 0.15) is 32.3 Å². The molecule has 2 atom stereocenters. The number of aliphatic hydroxyl groups is 1. The molecule has 1 aliphatic heterocycles. The summed E-state index contributed by atoms with van der Waals surface area (Å²) in [5.74, 6) is -2.86. The molecule has 0 radical (unpaired) electrons. The molecule has 0 unspecified atom stereocenters. The molecule has 0 aromatic heterocycles. The smallest absolute Gasteiger partial charge is 0.333 e. The molecule has 136 valence electrons. The third-order valence-corrected chi connectivity index (χ3v) is 4.41. The molecule has 0 saturated carbocycles. The van der Waals surface area contributed by atoms with E-state index in [1.807, 2.05) is 19.9 Å². The second-order valence-electron chi connectivity index (χ2n) is 6.79. The minimum absolute atomic E-state index is 0.0954. The highest BCUT2D eigenvalue weighted by Crippen LogP contribution is 2.25. The van der Waals surface area contributed by atoms with E-state index < -0.39 is 18.0 Å². The van der Waals surface area contributed by atoms with Crippen LogP contribution in [0, 0.1) is 17.7 Å². The zero-order chi connectivity index (χ0) is 18.6. The van der Waals surface area contributed by atoms with E-state index in [4.69, 9.17) is 5.11 Å². The Morgan fingerprint density at radius 3 is 2.36 bits per heavy atom. The van der Waals surface area contributed by atoms with E-state index in [0.717, 1.165) is 11.1 Å². The first-order chi connectivity index (χ1) is 11.8. The minimum atomic E-state index is -1.70. The van der Waals surface area contributed by atoms with Crippen LogP contribution in [0.25, 0.3) is 5.57 Å². The zero-order valence-electron chi connectivity index (χ0n) is 14.5. The molecule has 2 rings (SSSR count). The number of carbonyl (C=O) groups excluding carboxylic acids is 1. The van der Waals surface area contributed by atoms with E-state index in [2.05, 4.69) is 0 Å². The first-order valence-corrected chi connectivity index (χ1v) is 8.44. The molecule has 25 heavy (non-hydrogen) atoms. The van der Waals surface area contributed by atoms with Crippen LogP contribution in [-0.4, -0.2) is 46.2 Å². The van der Waals surface area contributed by atoms with Gasteiger partial charge in [0.05, 0.1) is 5.92 Å². The first-order valence-electron chi connectivity index (χ1n) is 8.44. The standard InChI is InChI=1S/C19H24FNO4/c1-12(2)11-16(17(22)19(24)25)18(23)21-9-7-14(8-10-21)13-3-5-15(20)6-4-13/h3-7,12,16-17,22H,8-11H2,1-2H3,(H,24,25)/t16-,17+/m0/s1. The van der Waals surface area contributed by atoms with Gasteiger partial charge in [-0.2, -0.15) is 0 Å². The summed E-state index contributed by atoms with van der Waals surface area (Å²) < 4.78 is 13.0. The maximum absolute atomic E-state index is 13.0. The molecule has 5 nitrogen and oxygen atoms in total. The van der Waals surface area contributed by atoms with E-state index in [9.17, 15) is 19.1 Å². The molecule has 2 N–H and O–H groups in total. The highest BCUT2D eigenvalue weighted by molar-refractivity contribution is 5.86. The third-order valence-electron chi connectivity index (χ3n) is 4.41. The van der Waals surface area contributed by atoms with Gasteiger partial charge in [0.2, 0.25) is 5.91 Å². The van der Waals surface area contributed by atoms with Crippen molar-refractivity contribution in [2.75, 3.05) is 13.1 Å². The predicted octanol–water partition coefficient (Wildman–Crippen LogP) is 2.55. The Hall–Kier alpha value is -2.21. The second-order valence-corrected chi connectivity index (χ2v) is 6.79. The van der Waals surface area contributed by atoms with E-state index in [0.29, 0.717) is 25.9 Å². The highest BCUT2D eigenvalue weighted by atomic mass is 19.1. The molecule has 1 aliphatic rings. The number of aliphatic hydroxyl groups excluding tert-OH is 1. The summed E-state index contributed by atoms with van der Waals surface area (Å²) in [6.45, 7) is 4.57. The lowest BCUT2D eigenvalue weighted by Gasteiger charge is -2.31. The number of amides is 1. The van der Waals surface area contributed by atoms with Gasteiger partial charge in [-0.3, -0.25) is 4.79 Å². The Labute approximate surface area is 146 Å². The fourth-order valence-electron chi connectivity index (χ4n) is 3.07. The molecule has 0 fully saturated rings. The topological polar surface area (TPSA) is 77.8 Å². The Kier molecular flexibility index (Phi) is 6.31. The number of benzene rings is 1. The average Bonchev–Trinajstić information content (AvgIpc) is 2.59. The number of rotatable bonds is 6. The molecular formula is C19H24FNO4. The average molecular weight is 349 g/mol. The summed E-state index contributed by atoms with van der Waals surface area (Å²) in [5.41, 5.74) is 1.95. The molecule has 0 saturated heterocycles. The van der Waals surface area contributed by atoms with Crippen LogP contribution in [-0.2, 0) is 9.59 Å². The Bertz CT molecular complexity index is 654. The van der Waals surface area contributed by atoms with Crippen molar-refractivity contribution in [3.63, 3.8) is 0 Å². The third kappa shape index (κ3) is 4.89. The van der Waals surface area contributed by atoms with Gasteiger partial charge in [0.1, 0.15) is 5.82 Å². The van der Waals surface area contributed by atoms with Gasteiger partial charge in [-0.05, 0) is 42.0 Å². The number of hydrogen-bond acceptors (Lipinski definition) is 3. The number of carboxylic acids is 1. The molecule has 1 amide bonds. The highest BCUT2D eigenvalue weighted by Gasteiger charge is 2.35. The van der Waals surface area contributed by atoms with Crippen molar-refractivity contribution < 1.29 is 24.2 Å². The lowest BCUT2D eigenvalue weighted by Crippen LogP contribution is -2.45. The largest absolute Gasteiger partial charge is 0.479 e. The molecule has 1 heterocycles. The van der Waals surface area contributed by atoms with Crippen molar-refractivity contribution in [3.05, 3.63) is 41.7 Å². The monoisotopic (exact) mass is 349 g/mol. The van der Waals surface area contributed by atoms with E-state index >= 15 is 0 Å². The van der Waals surface area contributed by atoms with E-state index in [1.165, 1.54) is 12.1 Å². The van der Waals surface area contributed by atoms with Crippen LogP contribution in [0.5, 0.6) is 0 Å². The predicted molar refractivity (Wildman–Crippen MR) is 92.2 cm³/mol. The Balaban J connectivity index is 2.09. The summed E-state index contributed by atoms with van der Waals surface area (Å²) in [5, 5.41) is 19.0. The van der Waals surface area contributed by atoms with Gasteiger partial charge in [0.15, 0.2) is 6.10 Å². The Morgan fingerprint density at radius 1 is 1.24 bits per heavy atom. The van der Waals surface area contributed by atoms with Gasteiger partial charge in [-0.25, -0.2) is 9.18 Å². The molecule has 0 bridgehead atoms. The molecule has 1 aromatic carbocycles. The van der Waals surface area contributed by atoms with Crippen molar-refractivity contribution in [1.82, 2.24) is 4.90 Å². The first kappa shape index (κ1) is 19.1. The number of carbonyl (C=O) groups is 2. The van der Waals surface area contributed by atoms with Gasteiger partial charge < -0.3 is 15.1 Å². The van der Waals surface area contributed by atoms with Crippen LogP contribution in [0.4, 0.5) is 4.39 Å². The van der Waals surface area contributed by atoms with Crippen LogP contribution < -0.4 is 0 Å². The van der Waals surface area contributed by atoms with E-state index in [1.54, 1.807) is 17.0 Å². The van der Waals surface area contributed by atoms with Gasteiger partial charge in [-0.1, -0.05) is 32.1 Å². The molecule has 0 aliphatic carbocycles. The Morgan fingerprint density at radius 2 is 1.88 bits per heavy atom. The number of hydrogen-bond donors (Lipinski definition) is 2. The molecule has 0 spiro atoms. The van der Waals surface area contributed by atoms with Gasteiger partial charge in [0, 0.05) is 13.1 Å². The molecule has 1 aromatic rings. The summed E-state index contributed by atoms with van der Waals surface area (Å²) in [7, 11) is 0. The zero-order valence-corrected chi connectivity index (χ0v) is 14.5. The number of aliphatic carboxylic acids is 1. The van der Waals surface area contributed by atoms with E-state index in [-0.39, 0.29) is 17.6 Å². The second kappa shape index (κ2) is 8.25. The maximum atomic E-state index is 13.0. The number of nitrogens with zero attached hydrogens (tertiary/aromatic N) is 1. The summed E-state index contributed by atoms with van der Waals surface area (Å²) in [6, 6.07) is 6.20. The van der Waals surface area contributed by atoms with Crippen LogP contribution in [0.3, 0.4) is 0 Å². The number of halogens is 1. The maximum Gasteiger partial charge on any atom is 0.333 e. The van der Waals surface area contributed by atoms with Crippen molar-refractivity contribution in [2.24, 2.45) is 11.8 Å².